The van der Waals surface area contributed by atoms with Gasteiger partial charge in [-0.15, -0.1) is 24.0 Å². The molecule has 2 rings (SSSR count). The minimum atomic E-state index is -0.150. The molecule has 0 radical (unpaired) electrons. The Kier molecular flexibility index (Phi) is 10.6. The van der Waals surface area contributed by atoms with E-state index in [1.165, 1.54) is 0 Å². The van der Waals surface area contributed by atoms with Crippen LogP contribution in [0, 0.1) is 5.92 Å². The molecule has 0 aromatic heterocycles. The summed E-state index contributed by atoms with van der Waals surface area (Å²) in [5.74, 6) is 2.08. The minimum absolute atomic E-state index is 0. The fraction of sp³-hybridized carbons (Fsp3) is 0.889. The molecule has 152 valence electrons. The Balaban J connectivity index is 0.00000338. The molecule has 1 unspecified atom stereocenters. The maximum absolute atomic E-state index is 11.4. The summed E-state index contributed by atoms with van der Waals surface area (Å²) in [7, 11) is 0. The van der Waals surface area contributed by atoms with Gasteiger partial charge in [0.2, 0.25) is 5.91 Å². The van der Waals surface area contributed by atoms with Crippen LogP contribution in [0.5, 0.6) is 0 Å². The van der Waals surface area contributed by atoms with Crippen LogP contribution in [0.1, 0.15) is 40.0 Å². The number of carbonyl (C=O) groups excluding carboxylic acids is 1. The molecule has 6 nitrogen and oxygen atoms in total. The van der Waals surface area contributed by atoms with Gasteiger partial charge in [-0.1, -0.05) is 0 Å². The highest BCUT2D eigenvalue weighted by molar-refractivity contribution is 14.0. The third-order valence-electron chi connectivity index (χ3n) is 4.86. The highest BCUT2D eigenvalue weighted by atomic mass is 127. The van der Waals surface area contributed by atoms with Crippen LogP contribution in [0.25, 0.3) is 0 Å². The first-order valence-electron chi connectivity index (χ1n) is 9.60. The van der Waals surface area contributed by atoms with Gasteiger partial charge in [-0.3, -0.25) is 9.79 Å². The molecule has 0 aromatic carbocycles. The topological polar surface area (TPSA) is 74.0 Å². The van der Waals surface area contributed by atoms with E-state index in [1.807, 2.05) is 11.8 Å². The number of amides is 1. The lowest BCUT2D eigenvalue weighted by molar-refractivity contribution is -0.123. The molecule has 0 aliphatic carbocycles. The molecule has 8 heteroatoms. The third kappa shape index (κ3) is 7.80. The molecular formula is C18H36IN5OS. The summed E-state index contributed by atoms with van der Waals surface area (Å²) in [5.41, 5.74) is 5.46. The molecule has 1 atom stereocenters. The Morgan fingerprint density at radius 3 is 2.81 bits per heavy atom. The maximum Gasteiger partial charge on any atom is 0.221 e. The normalized spacial score (nSPS) is 24.0. The van der Waals surface area contributed by atoms with Gasteiger partial charge >= 0.3 is 0 Å². The highest BCUT2D eigenvalue weighted by Gasteiger charge is 2.28. The molecule has 2 aliphatic rings. The molecule has 2 fully saturated rings. The fourth-order valence-corrected chi connectivity index (χ4v) is 4.70. The van der Waals surface area contributed by atoms with E-state index in [2.05, 4.69) is 35.9 Å². The number of nitrogens with two attached hydrogens (primary N) is 1. The number of rotatable bonds is 6. The average Bonchev–Trinajstić information content (AvgIpc) is 2.57. The van der Waals surface area contributed by atoms with Gasteiger partial charge in [-0.25, -0.2) is 0 Å². The number of likely N-dealkylation sites (tertiary alicyclic amines) is 1. The Morgan fingerprint density at radius 1 is 1.38 bits per heavy atom. The van der Waals surface area contributed by atoms with Crippen LogP contribution in [0.15, 0.2) is 4.99 Å². The zero-order chi connectivity index (χ0) is 18.3. The smallest absolute Gasteiger partial charge is 0.221 e. The Labute approximate surface area is 180 Å². The van der Waals surface area contributed by atoms with Crippen molar-refractivity contribution in [2.24, 2.45) is 16.6 Å². The number of thioether (sulfide) groups is 1. The van der Waals surface area contributed by atoms with Crippen molar-refractivity contribution in [2.75, 3.05) is 51.6 Å². The minimum Gasteiger partial charge on any atom is -0.369 e. The molecule has 0 aromatic rings. The summed E-state index contributed by atoms with van der Waals surface area (Å²) >= 11 is 2.04. The van der Waals surface area contributed by atoms with E-state index < -0.39 is 0 Å². The van der Waals surface area contributed by atoms with Gasteiger partial charge in [0.1, 0.15) is 0 Å². The number of nitrogens with one attached hydrogen (secondary N) is 1. The Hall–Kier alpha value is -0.220. The molecule has 0 saturated carbocycles. The Bertz CT molecular complexity index is 474. The number of nitrogens with zero attached hydrogens (tertiary/aromatic N) is 3. The monoisotopic (exact) mass is 497 g/mol. The third-order valence-corrected chi connectivity index (χ3v) is 6.16. The first-order valence-corrected chi connectivity index (χ1v) is 10.6. The van der Waals surface area contributed by atoms with Gasteiger partial charge in [-0.2, -0.15) is 11.8 Å². The highest BCUT2D eigenvalue weighted by Crippen LogP contribution is 2.29. The van der Waals surface area contributed by atoms with Gasteiger partial charge in [0.25, 0.3) is 0 Å². The van der Waals surface area contributed by atoms with Crippen LogP contribution in [0.4, 0.5) is 0 Å². The molecule has 1 amide bonds. The number of guanidine groups is 1. The second-order valence-electron chi connectivity index (χ2n) is 7.66. The van der Waals surface area contributed by atoms with E-state index in [0.717, 1.165) is 76.8 Å². The first-order chi connectivity index (χ1) is 11.9. The first kappa shape index (κ1) is 23.8. The van der Waals surface area contributed by atoms with Crippen LogP contribution in [0.3, 0.4) is 0 Å². The maximum atomic E-state index is 11.4. The predicted octanol–water partition coefficient (Wildman–Crippen LogP) is 1.98. The Morgan fingerprint density at radius 2 is 2.15 bits per heavy atom. The van der Waals surface area contributed by atoms with Gasteiger partial charge in [0, 0.05) is 43.2 Å². The van der Waals surface area contributed by atoms with Crippen LogP contribution in [0.2, 0.25) is 0 Å². The SMILES string of the molecule is CCNC(=NCCCN1CCCC(C(N)=O)C1)N1CCSC(C)(C)C1.I. The predicted molar refractivity (Wildman–Crippen MR) is 122 cm³/mol. The number of primary amides is 1. The second kappa shape index (κ2) is 11.6. The lowest BCUT2D eigenvalue weighted by atomic mass is 9.97. The number of aliphatic imine (C=N–C) groups is 1. The molecular weight excluding hydrogens is 461 g/mol. The van der Waals surface area contributed by atoms with Crippen LogP contribution >= 0.6 is 35.7 Å². The van der Waals surface area contributed by atoms with Crippen molar-refractivity contribution in [3.8, 4) is 0 Å². The lowest BCUT2D eigenvalue weighted by Crippen LogP contribution is -2.51. The van der Waals surface area contributed by atoms with Crippen molar-refractivity contribution in [1.29, 1.82) is 0 Å². The molecule has 0 spiro atoms. The van der Waals surface area contributed by atoms with E-state index in [1.54, 1.807) is 0 Å². The van der Waals surface area contributed by atoms with E-state index in [-0.39, 0.29) is 40.5 Å². The van der Waals surface area contributed by atoms with Crippen molar-refractivity contribution in [1.82, 2.24) is 15.1 Å². The van der Waals surface area contributed by atoms with Crippen molar-refractivity contribution in [2.45, 2.75) is 44.8 Å². The van der Waals surface area contributed by atoms with E-state index in [9.17, 15) is 4.79 Å². The summed E-state index contributed by atoms with van der Waals surface area (Å²) in [5, 5.41) is 3.44. The quantitative estimate of drug-likeness (QED) is 0.254. The number of hydrogen-bond acceptors (Lipinski definition) is 4. The molecule has 26 heavy (non-hydrogen) atoms. The number of halogens is 1. The summed E-state index contributed by atoms with van der Waals surface area (Å²) < 4.78 is 0.284. The van der Waals surface area contributed by atoms with Crippen LogP contribution < -0.4 is 11.1 Å². The largest absolute Gasteiger partial charge is 0.369 e. The van der Waals surface area contributed by atoms with Gasteiger partial charge in [0.05, 0.1) is 5.92 Å². The standard InChI is InChI=1S/C18H35N5OS.HI/c1-4-20-17(23-11-12-25-18(2,3)14-23)21-8-6-10-22-9-5-7-15(13-22)16(19)24;/h15H,4-14H2,1-3H3,(H2,19,24)(H,20,21);1H. The van der Waals surface area contributed by atoms with Crippen molar-refractivity contribution < 1.29 is 4.79 Å². The molecule has 0 bridgehead atoms. The zero-order valence-electron chi connectivity index (χ0n) is 16.5. The van der Waals surface area contributed by atoms with E-state index in [0.29, 0.717) is 0 Å². The van der Waals surface area contributed by atoms with Gasteiger partial charge in [-0.05, 0) is 53.1 Å². The number of hydrogen-bond donors (Lipinski definition) is 2. The summed E-state index contributed by atoms with van der Waals surface area (Å²) in [6, 6.07) is 0. The molecule has 2 heterocycles. The van der Waals surface area contributed by atoms with Gasteiger partial charge in [0.15, 0.2) is 5.96 Å². The van der Waals surface area contributed by atoms with Gasteiger partial charge < -0.3 is 20.9 Å². The second-order valence-corrected chi connectivity index (χ2v) is 9.46. The molecule has 3 N–H and O–H groups in total. The average molecular weight is 497 g/mol. The summed E-state index contributed by atoms with van der Waals surface area (Å²) in [6.45, 7) is 13.4. The van der Waals surface area contributed by atoms with E-state index >= 15 is 0 Å². The summed E-state index contributed by atoms with van der Waals surface area (Å²) in [4.78, 5) is 21.0. The van der Waals surface area contributed by atoms with E-state index in [4.69, 9.17) is 10.7 Å². The fourth-order valence-electron chi connectivity index (χ4n) is 3.59. The molecule has 2 aliphatic heterocycles. The zero-order valence-corrected chi connectivity index (χ0v) is 19.6. The number of carbonyl (C=O) groups is 1. The van der Waals surface area contributed by atoms with Crippen LogP contribution in [-0.4, -0.2) is 78.0 Å². The van der Waals surface area contributed by atoms with Crippen LogP contribution in [-0.2, 0) is 4.79 Å². The lowest BCUT2D eigenvalue weighted by Gasteiger charge is -2.39. The van der Waals surface area contributed by atoms with Crippen molar-refractivity contribution in [3.05, 3.63) is 0 Å². The summed E-state index contributed by atoms with van der Waals surface area (Å²) in [6.07, 6.45) is 3.03. The van der Waals surface area contributed by atoms with Crippen molar-refractivity contribution in [3.63, 3.8) is 0 Å². The number of piperidine rings is 1. The molecule has 2 saturated heterocycles. The van der Waals surface area contributed by atoms with Crippen molar-refractivity contribution >= 4 is 47.6 Å².